The second-order valence-corrected chi connectivity index (χ2v) is 7.27. The Morgan fingerprint density at radius 3 is 2.52 bits per heavy atom. The molecule has 0 aliphatic heterocycles. The highest BCUT2D eigenvalue weighted by atomic mass is 16.5. The van der Waals surface area contributed by atoms with Gasteiger partial charge in [0.25, 0.3) is 0 Å². The second kappa shape index (κ2) is 9.55. The molecule has 1 aliphatic rings. The predicted molar refractivity (Wildman–Crippen MR) is 121 cm³/mol. The van der Waals surface area contributed by atoms with Crippen LogP contribution in [0.1, 0.15) is 30.5 Å². The summed E-state index contributed by atoms with van der Waals surface area (Å²) in [6, 6.07) is 6.83. The molecule has 0 spiro atoms. The molecule has 0 saturated carbocycles. The minimum Gasteiger partial charge on any atom is -0.493 e. The lowest BCUT2D eigenvalue weighted by molar-refractivity contribution is -0.119. The van der Waals surface area contributed by atoms with Crippen molar-refractivity contribution in [2.45, 2.75) is 25.8 Å². The molecule has 0 heterocycles. The van der Waals surface area contributed by atoms with Gasteiger partial charge in [0.05, 0.1) is 33.1 Å². The molecule has 1 aliphatic carbocycles. The number of rotatable bonds is 7. The van der Waals surface area contributed by atoms with Crippen molar-refractivity contribution in [2.24, 2.45) is 0 Å². The molecule has 2 aromatic carbocycles. The Balaban J connectivity index is 2.37. The van der Waals surface area contributed by atoms with Crippen molar-refractivity contribution in [1.82, 2.24) is 5.32 Å². The highest BCUT2D eigenvalue weighted by molar-refractivity contribution is 5.83. The lowest BCUT2D eigenvalue weighted by atomic mass is 9.95. The lowest BCUT2D eigenvalue weighted by Gasteiger charge is -2.19. The van der Waals surface area contributed by atoms with Crippen LogP contribution >= 0.6 is 0 Å². The van der Waals surface area contributed by atoms with Crippen LogP contribution in [0.15, 0.2) is 41.7 Å². The van der Waals surface area contributed by atoms with Crippen LogP contribution in [0.4, 0.5) is 5.69 Å². The quantitative estimate of drug-likeness (QED) is 0.662. The van der Waals surface area contributed by atoms with Crippen LogP contribution in [0.25, 0.3) is 11.1 Å². The zero-order valence-electron chi connectivity index (χ0n) is 18.3. The Hall–Kier alpha value is -3.48. The summed E-state index contributed by atoms with van der Waals surface area (Å²) < 4.78 is 16.9. The van der Waals surface area contributed by atoms with Crippen molar-refractivity contribution in [1.29, 1.82) is 0 Å². The van der Waals surface area contributed by atoms with Gasteiger partial charge in [-0.05, 0) is 47.7 Å². The third-order valence-corrected chi connectivity index (χ3v) is 5.35. The molecule has 164 valence electrons. The van der Waals surface area contributed by atoms with Gasteiger partial charge in [-0.3, -0.25) is 9.59 Å². The molecule has 0 bridgehead atoms. The van der Waals surface area contributed by atoms with E-state index < -0.39 is 0 Å². The van der Waals surface area contributed by atoms with Crippen molar-refractivity contribution in [3.8, 4) is 28.4 Å². The van der Waals surface area contributed by atoms with Crippen molar-refractivity contribution in [3.05, 3.63) is 58.3 Å². The van der Waals surface area contributed by atoms with Gasteiger partial charge in [0, 0.05) is 19.0 Å². The highest BCUT2D eigenvalue weighted by Crippen LogP contribution is 2.50. The lowest BCUT2D eigenvalue weighted by Crippen LogP contribution is -2.26. The number of carbonyl (C=O) groups is 1. The number of nitrogens with one attached hydrogen (secondary N) is 2. The van der Waals surface area contributed by atoms with Crippen LogP contribution in [0.2, 0.25) is 0 Å². The molecule has 2 N–H and O–H groups in total. The first-order chi connectivity index (χ1) is 14.9. The molecule has 1 amide bonds. The maximum Gasteiger partial charge on any atom is 0.217 e. The summed E-state index contributed by atoms with van der Waals surface area (Å²) in [6.45, 7) is 5.63. The summed E-state index contributed by atoms with van der Waals surface area (Å²) in [5, 5.41) is 6.07. The van der Waals surface area contributed by atoms with Gasteiger partial charge in [-0.1, -0.05) is 12.1 Å². The number of anilines is 1. The van der Waals surface area contributed by atoms with Gasteiger partial charge < -0.3 is 24.8 Å². The number of aryl methyl sites for hydroxylation is 1. The maximum absolute atomic E-state index is 12.9. The highest BCUT2D eigenvalue weighted by Gasteiger charge is 2.29. The maximum atomic E-state index is 12.9. The van der Waals surface area contributed by atoms with Gasteiger partial charge >= 0.3 is 0 Å². The minimum absolute atomic E-state index is 0.159. The average Bonchev–Trinajstić information content (AvgIpc) is 2.99. The number of carbonyl (C=O) groups excluding carboxylic acids is 1. The first kappa shape index (κ1) is 22.2. The topological polar surface area (TPSA) is 85.9 Å². The zero-order chi connectivity index (χ0) is 22.5. The van der Waals surface area contributed by atoms with Gasteiger partial charge in [0.15, 0.2) is 11.5 Å². The number of hydrogen-bond acceptors (Lipinski definition) is 6. The first-order valence-electron chi connectivity index (χ1n) is 10.1. The smallest absolute Gasteiger partial charge is 0.217 e. The van der Waals surface area contributed by atoms with E-state index in [-0.39, 0.29) is 17.4 Å². The normalized spacial score (nSPS) is 14.4. The predicted octanol–water partition coefficient (Wildman–Crippen LogP) is 3.46. The molecule has 1 atom stereocenters. The van der Waals surface area contributed by atoms with Crippen LogP contribution in [0.5, 0.6) is 17.2 Å². The number of ether oxygens (including phenoxy) is 3. The van der Waals surface area contributed by atoms with E-state index in [1.165, 1.54) is 6.92 Å². The molecular formula is C24H28N2O5. The van der Waals surface area contributed by atoms with Crippen LogP contribution in [-0.4, -0.2) is 33.8 Å². The molecule has 7 heteroatoms. The fourth-order valence-electron chi connectivity index (χ4n) is 4.04. The molecule has 2 aromatic rings. The Morgan fingerprint density at radius 1 is 1.16 bits per heavy atom. The van der Waals surface area contributed by atoms with E-state index in [0.29, 0.717) is 42.3 Å². The molecule has 0 aromatic heterocycles. The van der Waals surface area contributed by atoms with Gasteiger partial charge in [-0.2, -0.15) is 0 Å². The summed E-state index contributed by atoms with van der Waals surface area (Å²) >= 11 is 0. The molecule has 31 heavy (non-hydrogen) atoms. The van der Waals surface area contributed by atoms with Crippen LogP contribution in [-0.2, 0) is 11.2 Å². The van der Waals surface area contributed by atoms with E-state index >= 15 is 0 Å². The van der Waals surface area contributed by atoms with E-state index in [4.69, 9.17) is 14.2 Å². The van der Waals surface area contributed by atoms with Crippen LogP contribution in [0.3, 0.4) is 0 Å². The number of methoxy groups -OCH3 is 3. The van der Waals surface area contributed by atoms with E-state index in [0.717, 1.165) is 22.3 Å². The van der Waals surface area contributed by atoms with E-state index in [1.54, 1.807) is 39.5 Å². The van der Waals surface area contributed by atoms with Crippen molar-refractivity contribution in [3.63, 3.8) is 0 Å². The summed E-state index contributed by atoms with van der Waals surface area (Å²) in [5.41, 5.74) is 3.64. The fraction of sp³-hybridized carbons (Fsp3) is 0.333. The molecule has 0 radical (unpaired) electrons. The largest absolute Gasteiger partial charge is 0.493 e. The molecule has 7 nitrogen and oxygen atoms in total. The summed E-state index contributed by atoms with van der Waals surface area (Å²) in [7, 11) is 4.71. The Labute approximate surface area is 182 Å². The summed E-state index contributed by atoms with van der Waals surface area (Å²) in [4.78, 5) is 24.9. The molecular weight excluding hydrogens is 396 g/mol. The summed E-state index contributed by atoms with van der Waals surface area (Å²) in [5.74, 6) is 1.41. The number of hydrogen-bond donors (Lipinski definition) is 2. The SMILES string of the molecule is C=CCNc1ccc2c(cc1=O)[C@H](NC(C)=O)CCc1cc(OC)c(OC)c(OC)c1-2. The molecule has 0 saturated heterocycles. The third-order valence-electron chi connectivity index (χ3n) is 5.35. The average molecular weight is 424 g/mol. The van der Waals surface area contributed by atoms with E-state index in [9.17, 15) is 9.59 Å². The Morgan fingerprint density at radius 2 is 1.90 bits per heavy atom. The monoisotopic (exact) mass is 424 g/mol. The Bertz CT molecular complexity index is 1060. The zero-order valence-corrected chi connectivity index (χ0v) is 18.3. The number of fused-ring (bicyclic) bond motifs is 3. The third kappa shape index (κ3) is 4.35. The van der Waals surface area contributed by atoms with Gasteiger partial charge in [0.2, 0.25) is 17.1 Å². The van der Waals surface area contributed by atoms with E-state index in [2.05, 4.69) is 17.2 Å². The van der Waals surface area contributed by atoms with Gasteiger partial charge in [-0.15, -0.1) is 6.58 Å². The van der Waals surface area contributed by atoms with E-state index in [1.807, 2.05) is 12.1 Å². The van der Waals surface area contributed by atoms with Gasteiger partial charge in [0.1, 0.15) is 0 Å². The van der Waals surface area contributed by atoms with Crippen LogP contribution in [0, 0.1) is 0 Å². The summed E-state index contributed by atoms with van der Waals surface area (Å²) in [6.07, 6.45) is 2.97. The van der Waals surface area contributed by atoms with Crippen molar-refractivity contribution >= 4 is 11.6 Å². The van der Waals surface area contributed by atoms with Crippen LogP contribution < -0.4 is 30.3 Å². The van der Waals surface area contributed by atoms with Crippen molar-refractivity contribution in [2.75, 3.05) is 33.2 Å². The number of amides is 1. The van der Waals surface area contributed by atoms with Crippen molar-refractivity contribution < 1.29 is 19.0 Å². The molecule has 0 fully saturated rings. The number of benzene rings is 1. The molecule has 3 rings (SSSR count). The van der Waals surface area contributed by atoms with Gasteiger partial charge in [-0.25, -0.2) is 0 Å². The fourth-order valence-corrected chi connectivity index (χ4v) is 4.04. The standard InChI is InChI=1S/C24H28N2O5/c1-6-11-25-19-10-8-16-17(13-20(19)28)18(26-14(2)27)9-7-15-12-21(29-3)23(30-4)24(31-5)22(15)16/h6,8,10,12-13,18H,1,7,9,11H2,2-5H3,(H,25,28)(H,26,27)/t18-/m1/s1. The second-order valence-electron chi connectivity index (χ2n) is 7.27. The Kier molecular flexibility index (Phi) is 6.84. The first-order valence-corrected chi connectivity index (χ1v) is 10.1. The minimum atomic E-state index is -0.325. The molecule has 0 unspecified atom stereocenters.